The number of nitrogens with two attached hydrogens (primary N) is 2. The largest absolute Gasteiger partial charge is 0.399 e. The summed E-state index contributed by atoms with van der Waals surface area (Å²) in [5, 5.41) is 7.81. The third-order valence-electron chi connectivity index (χ3n) is 2.36. The van der Waals surface area contributed by atoms with Crippen LogP contribution in [-0.4, -0.2) is 35.7 Å². The van der Waals surface area contributed by atoms with Crippen molar-refractivity contribution >= 4 is 31.4 Å². The lowest BCUT2D eigenvalue weighted by Crippen LogP contribution is -2.29. The Hall–Kier alpha value is -1.36. The number of nitrogen functional groups attached to an aromatic ring is 1. The number of sulfonamides is 2. The quantitative estimate of drug-likeness (QED) is 0.487. The highest BCUT2D eigenvalue weighted by Gasteiger charge is 2.15. The van der Waals surface area contributed by atoms with Crippen molar-refractivity contribution in [1.29, 1.82) is 0 Å². The van der Waals surface area contributed by atoms with Crippen molar-refractivity contribution in [3.8, 4) is 0 Å². The van der Waals surface area contributed by atoms with Gasteiger partial charge >= 0.3 is 0 Å². The monoisotopic (exact) mass is 322 g/mol. The summed E-state index contributed by atoms with van der Waals surface area (Å²) in [5.74, 6) is -0.185. The number of hydrogen-bond donors (Lipinski definition) is 4. The first-order valence-electron chi connectivity index (χ1n) is 5.79. The van der Waals surface area contributed by atoms with Crippen LogP contribution in [0.25, 0.3) is 0 Å². The fourth-order valence-corrected chi connectivity index (χ4v) is 3.23. The Morgan fingerprint density at radius 3 is 2.40 bits per heavy atom. The highest BCUT2D eigenvalue weighted by Crippen LogP contribution is 2.22. The lowest BCUT2D eigenvalue weighted by molar-refractivity contribution is 0.584. The molecule has 1 aromatic rings. The van der Waals surface area contributed by atoms with Crippen LogP contribution in [0.1, 0.15) is 6.92 Å². The Morgan fingerprint density at radius 1 is 1.20 bits per heavy atom. The first kappa shape index (κ1) is 16.7. The van der Waals surface area contributed by atoms with Crippen molar-refractivity contribution in [2.75, 3.05) is 29.9 Å². The molecule has 0 atom stereocenters. The summed E-state index contributed by atoms with van der Waals surface area (Å²) in [6.45, 7) is 2.01. The van der Waals surface area contributed by atoms with E-state index in [1.807, 2.05) is 0 Å². The van der Waals surface area contributed by atoms with Crippen LogP contribution in [-0.2, 0) is 20.0 Å². The first-order chi connectivity index (χ1) is 9.15. The Labute approximate surface area is 118 Å². The van der Waals surface area contributed by atoms with Crippen molar-refractivity contribution in [2.24, 2.45) is 5.14 Å². The van der Waals surface area contributed by atoms with Gasteiger partial charge in [-0.15, -0.1) is 0 Å². The summed E-state index contributed by atoms with van der Waals surface area (Å²) >= 11 is 0. The molecule has 0 amide bonds. The zero-order chi connectivity index (χ0) is 15.4. The molecule has 0 radical (unpaired) electrons. The van der Waals surface area contributed by atoms with E-state index >= 15 is 0 Å². The van der Waals surface area contributed by atoms with E-state index in [1.165, 1.54) is 18.2 Å². The Balaban J connectivity index is 2.84. The fourth-order valence-electron chi connectivity index (χ4n) is 1.53. The van der Waals surface area contributed by atoms with Gasteiger partial charge in [0.05, 0.1) is 11.4 Å². The van der Waals surface area contributed by atoms with Crippen LogP contribution in [0.4, 0.5) is 11.4 Å². The van der Waals surface area contributed by atoms with Gasteiger partial charge in [0.1, 0.15) is 4.90 Å². The highest BCUT2D eigenvalue weighted by molar-refractivity contribution is 7.89. The fraction of sp³-hybridized carbons (Fsp3) is 0.400. The van der Waals surface area contributed by atoms with Crippen molar-refractivity contribution in [3.63, 3.8) is 0 Å². The molecule has 8 nitrogen and oxygen atoms in total. The SMILES string of the molecule is CCNS(=O)(=O)CCNc1ccc(N)cc1S(N)(=O)=O. The van der Waals surface area contributed by atoms with Crippen molar-refractivity contribution in [2.45, 2.75) is 11.8 Å². The van der Waals surface area contributed by atoms with Gasteiger partial charge in [0, 0.05) is 18.8 Å². The molecule has 1 rings (SSSR count). The van der Waals surface area contributed by atoms with Crippen molar-refractivity contribution < 1.29 is 16.8 Å². The molecule has 0 aliphatic heterocycles. The van der Waals surface area contributed by atoms with Gasteiger partial charge in [-0.05, 0) is 18.2 Å². The zero-order valence-electron chi connectivity index (χ0n) is 11.0. The number of rotatable bonds is 7. The summed E-state index contributed by atoms with van der Waals surface area (Å²) in [6, 6.07) is 4.15. The summed E-state index contributed by atoms with van der Waals surface area (Å²) in [4.78, 5) is -0.168. The second-order valence-corrected chi connectivity index (χ2v) is 7.50. The predicted octanol–water partition coefficient (Wildman–Crippen LogP) is -0.733. The molecule has 0 bridgehead atoms. The molecule has 10 heteroatoms. The van der Waals surface area contributed by atoms with E-state index in [1.54, 1.807) is 6.92 Å². The molecule has 0 aliphatic carbocycles. The van der Waals surface area contributed by atoms with Crippen molar-refractivity contribution in [3.05, 3.63) is 18.2 Å². The molecule has 0 aliphatic rings. The summed E-state index contributed by atoms with van der Waals surface area (Å²) in [6.07, 6.45) is 0. The van der Waals surface area contributed by atoms with E-state index < -0.39 is 20.0 Å². The van der Waals surface area contributed by atoms with Crippen LogP contribution in [0.2, 0.25) is 0 Å². The minimum absolute atomic E-state index is 0.0434. The summed E-state index contributed by atoms with van der Waals surface area (Å²) in [5.41, 5.74) is 5.97. The maximum absolute atomic E-state index is 11.4. The molecule has 0 fully saturated rings. The number of primary sulfonamides is 1. The van der Waals surface area contributed by atoms with Crippen LogP contribution in [0, 0.1) is 0 Å². The predicted molar refractivity (Wildman–Crippen MR) is 78.2 cm³/mol. The van der Waals surface area contributed by atoms with Crippen LogP contribution in [0.15, 0.2) is 23.1 Å². The Bertz CT molecular complexity index is 670. The number of anilines is 2. The molecule has 0 saturated heterocycles. The smallest absolute Gasteiger partial charge is 0.240 e. The number of benzene rings is 1. The molecule has 0 saturated carbocycles. The van der Waals surface area contributed by atoms with Gasteiger partial charge in [-0.25, -0.2) is 26.7 Å². The average molecular weight is 322 g/mol. The van der Waals surface area contributed by atoms with E-state index in [-0.39, 0.29) is 28.6 Å². The van der Waals surface area contributed by atoms with Gasteiger partial charge < -0.3 is 11.1 Å². The summed E-state index contributed by atoms with van der Waals surface area (Å²) < 4.78 is 48.1. The molecule has 20 heavy (non-hydrogen) atoms. The van der Waals surface area contributed by atoms with Crippen LogP contribution in [0.3, 0.4) is 0 Å². The van der Waals surface area contributed by atoms with Gasteiger partial charge in [-0.2, -0.15) is 0 Å². The lowest BCUT2D eigenvalue weighted by Gasteiger charge is -2.11. The average Bonchev–Trinajstić information content (AvgIpc) is 2.29. The van der Waals surface area contributed by atoms with E-state index in [9.17, 15) is 16.8 Å². The molecule has 0 heterocycles. The molecule has 0 unspecified atom stereocenters. The van der Waals surface area contributed by atoms with Gasteiger partial charge in [0.15, 0.2) is 0 Å². The second kappa shape index (κ2) is 6.39. The maximum atomic E-state index is 11.4. The third-order valence-corrected chi connectivity index (χ3v) is 4.78. The Morgan fingerprint density at radius 2 is 1.85 bits per heavy atom. The highest BCUT2D eigenvalue weighted by atomic mass is 32.2. The van der Waals surface area contributed by atoms with E-state index in [0.29, 0.717) is 6.54 Å². The Kier molecular flexibility index (Phi) is 5.34. The minimum Gasteiger partial charge on any atom is -0.399 e. The van der Waals surface area contributed by atoms with Crippen LogP contribution in [0.5, 0.6) is 0 Å². The van der Waals surface area contributed by atoms with Crippen LogP contribution >= 0.6 is 0 Å². The van der Waals surface area contributed by atoms with E-state index in [2.05, 4.69) is 10.0 Å². The van der Waals surface area contributed by atoms with Crippen LogP contribution < -0.4 is 20.9 Å². The molecule has 0 aromatic heterocycles. The van der Waals surface area contributed by atoms with Gasteiger partial charge in [-0.3, -0.25) is 0 Å². The standard InChI is InChI=1S/C10H18N4O4S2/c1-2-14-19(15,16)6-5-13-9-4-3-8(11)7-10(9)20(12,17)18/h3-4,7,13-14H,2,5-6,11H2,1H3,(H2,12,17,18). The zero-order valence-corrected chi connectivity index (χ0v) is 12.6. The first-order valence-corrected chi connectivity index (χ1v) is 8.99. The topological polar surface area (TPSA) is 144 Å². The maximum Gasteiger partial charge on any atom is 0.240 e. The minimum atomic E-state index is -3.94. The molecule has 0 spiro atoms. The summed E-state index contributed by atoms with van der Waals surface area (Å²) in [7, 11) is -7.32. The molecule has 6 N–H and O–H groups in total. The van der Waals surface area contributed by atoms with Crippen molar-refractivity contribution in [1.82, 2.24) is 4.72 Å². The second-order valence-electron chi connectivity index (χ2n) is 4.04. The third kappa shape index (κ3) is 4.96. The molecule has 114 valence electrons. The normalized spacial score (nSPS) is 12.3. The molecular weight excluding hydrogens is 304 g/mol. The number of hydrogen-bond acceptors (Lipinski definition) is 6. The van der Waals surface area contributed by atoms with E-state index in [4.69, 9.17) is 10.9 Å². The van der Waals surface area contributed by atoms with Gasteiger partial charge in [0.25, 0.3) is 0 Å². The molecule has 1 aromatic carbocycles. The lowest BCUT2D eigenvalue weighted by atomic mass is 10.3. The van der Waals surface area contributed by atoms with Gasteiger partial charge in [0.2, 0.25) is 20.0 Å². The molecular formula is C10H18N4O4S2. The van der Waals surface area contributed by atoms with E-state index in [0.717, 1.165) is 0 Å². The van der Waals surface area contributed by atoms with Gasteiger partial charge in [-0.1, -0.05) is 6.92 Å². The number of nitrogens with one attached hydrogen (secondary N) is 2.